The number of fused-ring (bicyclic) bond motifs is 1. The molecule has 12 heteroatoms. The van der Waals surface area contributed by atoms with E-state index in [4.69, 9.17) is 6.42 Å². The van der Waals surface area contributed by atoms with Gasteiger partial charge < -0.3 is 20.2 Å². The van der Waals surface area contributed by atoms with Crippen LogP contribution in [-0.2, 0) is 10.0 Å². The van der Waals surface area contributed by atoms with Crippen molar-refractivity contribution in [2.75, 3.05) is 26.2 Å². The van der Waals surface area contributed by atoms with Crippen LogP contribution in [0.2, 0.25) is 0 Å². The lowest BCUT2D eigenvalue weighted by Gasteiger charge is -2.40. The van der Waals surface area contributed by atoms with Crippen LogP contribution in [0.15, 0.2) is 66.1 Å². The third-order valence-corrected chi connectivity index (χ3v) is 8.30. The number of carbonyl (C=O) groups excluding carboxylic acids is 1. The minimum absolute atomic E-state index is 0.00210. The third kappa shape index (κ3) is 4.70. The predicted octanol–water partition coefficient (Wildman–Crippen LogP) is 1.14. The van der Waals surface area contributed by atoms with Crippen LogP contribution in [0.4, 0.5) is 0 Å². The van der Waals surface area contributed by atoms with Gasteiger partial charge in [0.25, 0.3) is 15.9 Å². The molecule has 1 saturated heterocycles. The summed E-state index contributed by atoms with van der Waals surface area (Å²) in [4.78, 5) is 26.0. The first-order valence-corrected chi connectivity index (χ1v) is 13.3. The summed E-state index contributed by atoms with van der Waals surface area (Å²) in [5.41, 5.74) is 2.08. The molecule has 3 aromatic heterocycles. The average Bonchev–Trinajstić information content (AvgIpc) is 3.38. The van der Waals surface area contributed by atoms with E-state index in [0.29, 0.717) is 32.5 Å². The number of benzene rings is 1. The number of sulfonamides is 1. The monoisotopic (exact) mass is 532 g/mol. The second-order valence-electron chi connectivity index (χ2n) is 8.81. The standard InChI is InChI=1S/C26H24N6O5S/c1-2-18-6-7-22-19(13-18)14-24(29-22)38(36,37)30-10-11-31(21(17-30)8-12-33)26(34)25-27-15-20(16-28-25)23-5-3-4-9-32(23)35/h1,3-7,9,13-16,21,29,33H,8,10-12,17H2. The molecule has 4 aromatic rings. The lowest BCUT2D eigenvalue weighted by Crippen LogP contribution is -2.57. The molecule has 1 aliphatic rings. The fourth-order valence-electron chi connectivity index (χ4n) is 4.53. The van der Waals surface area contributed by atoms with Crippen molar-refractivity contribution in [3.05, 3.63) is 77.7 Å². The third-order valence-electron chi connectivity index (χ3n) is 6.51. The minimum atomic E-state index is -3.91. The molecule has 5 rings (SSSR count). The Bertz CT molecular complexity index is 1640. The van der Waals surface area contributed by atoms with Crippen LogP contribution >= 0.6 is 0 Å². The van der Waals surface area contributed by atoms with Crippen LogP contribution in [0.3, 0.4) is 0 Å². The molecule has 1 atom stereocenters. The first kappa shape index (κ1) is 25.3. The summed E-state index contributed by atoms with van der Waals surface area (Å²) in [6, 6.07) is 11.1. The van der Waals surface area contributed by atoms with Crippen molar-refractivity contribution in [2.45, 2.75) is 17.5 Å². The summed E-state index contributed by atoms with van der Waals surface area (Å²) in [5, 5.41) is 22.3. The van der Waals surface area contributed by atoms with E-state index >= 15 is 0 Å². The van der Waals surface area contributed by atoms with Gasteiger partial charge in [-0.3, -0.25) is 4.79 Å². The number of rotatable bonds is 6. The Labute approximate surface area is 219 Å². The van der Waals surface area contributed by atoms with Crippen LogP contribution in [0.5, 0.6) is 0 Å². The maximum absolute atomic E-state index is 13.4. The molecule has 1 aliphatic heterocycles. The Morgan fingerprint density at radius 2 is 2.00 bits per heavy atom. The summed E-state index contributed by atoms with van der Waals surface area (Å²) in [7, 11) is -3.91. The molecule has 0 aliphatic carbocycles. The number of nitrogens with zero attached hydrogens (tertiary/aromatic N) is 5. The number of carbonyl (C=O) groups is 1. The van der Waals surface area contributed by atoms with Crippen LogP contribution < -0.4 is 4.73 Å². The van der Waals surface area contributed by atoms with Gasteiger partial charge in [-0.25, -0.2) is 18.4 Å². The predicted molar refractivity (Wildman–Crippen MR) is 138 cm³/mol. The Morgan fingerprint density at radius 1 is 1.21 bits per heavy atom. The SMILES string of the molecule is C#Cc1ccc2[nH]c(S(=O)(=O)N3CCN(C(=O)c4ncc(-c5cccc[n+]5[O-])cn4)C(CCO)C3)cc2c1. The lowest BCUT2D eigenvalue weighted by atomic mass is 10.1. The quantitative estimate of drug-likeness (QED) is 0.215. The number of pyridine rings is 1. The van der Waals surface area contributed by atoms with Gasteiger partial charge in [-0.15, -0.1) is 6.42 Å². The molecule has 1 amide bonds. The number of terminal acetylenes is 1. The molecule has 4 heterocycles. The highest BCUT2D eigenvalue weighted by molar-refractivity contribution is 7.89. The summed E-state index contributed by atoms with van der Waals surface area (Å²) < 4.78 is 28.9. The highest BCUT2D eigenvalue weighted by Crippen LogP contribution is 2.26. The zero-order valence-corrected chi connectivity index (χ0v) is 21.0. The van der Waals surface area contributed by atoms with Crippen LogP contribution in [0.25, 0.3) is 22.2 Å². The van der Waals surface area contributed by atoms with Gasteiger partial charge in [0.1, 0.15) is 5.03 Å². The minimum Gasteiger partial charge on any atom is -0.618 e. The van der Waals surface area contributed by atoms with E-state index < -0.39 is 22.0 Å². The molecule has 38 heavy (non-hydrogen) atoms. The van der Waals surface area contributed by atoms with E-state index in [1.807, 2.05) is 0 Å². The van der Waals surface area contributed by atoms with Crippen molar-refractivity contribution >= 4 is 26.8 Å². The van der Waals surface area contributed by atoms with Gasteiger partial charge in [-0.1, -0.05) is 5.92 Å². The molecule has 0 bridgehead atoms. The van der Waals surface area contributed by atoms with Crippen LogP contribution in [-0.4, -0.2) is 75.9 Å². The van der Waals surface area contributed by atoms with Crippen molar-refractivity contribution in [3.63, 3.8) is 0 Å². The molecule has 11 nitrogen and oxygen atoms in total. The second-order valence-corrected chi connectivity index (χ2v) is 10.7. The van der Waals surface area contributed by atoms with Gasteiger partial charge in [-0.05, 0) is 36.8 Å². The molecule has 0 spiro atoms. The van der Waals surface area contributed by atoms with E-state index in [-0.39, 0.29) is 43.5 Å². The van der Waals surface area contributed by atoms with E-state index in [2.05, 4.69) is 20.9 Å². The number of aliphatic hydroxyl groups is 1. The van der Waals surface area contributed by atoms with Crippen molar-refractivity contribution in [2.24, 2.45) is 0 Å². The molecular formula is C26H24N6O5S. The Morgan fingerprint density at radius 3 is 2.71 bits per heavy atom. The molecule has 1 aromatic carbocycles. The normalized spacial score (nSPS) is 16.4. The van der Waals surface area contributed by atoms with Gasteiger partial charge in [0.15, 0.2) is 6.20 Å². The van der Waals surface area contributed by atoms with Gasteiger partial charge in [-0.2, -0.15) is 9.04 Å². The molecule has 1 fully saturated rings. The lowest BCUT2D eigenvalue weighted by molar-refractivity contribution is -0.593. The van der Waals surface area contributed by atoms with Crippen molar-refractivity contribution in [1.82, 2.24) is 24.2 Å². The van der Waals surface area contributed by atoms with Gasteiger partial charge in [0.05, 0.1) is 5.56 Å². The van der Waals surface area contributed by atoms with Gasteiger partial charge in [0, 0.05) is 73.3 Å². The molecule has 194 valence electrons. The summed E-state index contributed by atoms with van der Waals surface area (Å²) >= 11 is 0. The smallest absolute Gasteiger partial charge is 0.291 e. The van der Waals surface area contributed by atoms with Gasteiger partial charge in [0.2, 0.25) is 11.5 Å². The van der Waals surface area contributed by atoms with Crippen LogP contribution in [0, 0.1) is 17.6 Å². The number of hydrogen-bond donors (Lipinski definition) is 2. The zero-order chi connectivity index (χ0) is 26.9. The topological polar surface area (TPSA) is 146 Å². The van der Waals surface area contributed by atoms with E-state index in [0.717, 1.165) is 0 Å². The number of aromatic nitrogens is 4. The average molecular weight is 533 g/mol. The molecule has 1 unspecified atom stereocenters. The number of aliphatic hydroxyl groups excluding tert-OH is 1. The number of amides is 1. The largest absolute Gasteiger partial charge is 0.618 e. The molecule has 0 saturated carbocycles. The van der Waals surface area contributed by atoms with E-state index in [1.165, 1.54) is 33.9 Å². The highest BCUT2D eigenvalue weighted by atomic mass is 32.2. The highest BCUT2D eigenvalue weighted by Gasteiger charge is 2.37. The van der Waals surface area contributed by atoms with Crippen molar-refractivity contribution in [3.8, 4) is 23.6 Å². The fourth-order valence-corrected chi connectivity index (χ4v) is 6.02. The second kappa shape index (κ2) is 10.2. The Hall–Kier alpha value is -4.31. The van der Waals surface area contributed by atoms with Gasteiger partial charge >= 0.3 is 0 Å². The zero-order valence-electron chi connectivity index (χ0n) is 20.2. The number of H-pyrrole nitrogens is 1. The molecule has 0 radical (unpaired) electrons. The number of hydrogen-bond acceptors (Lipinski definition) is 7. The number of nitrogens with one attached hydrogen (secondary N) is 1. The Kier molecular flexibility index (Phi) is 6.81. The molecular weight excluding hydrogens is 508 g/mol. The van der Waals surface area contributed by atoms with E-state index in [1.54, 1.807) is 36.4 Å². The summed E-state index contributed by atoms with van der Waals surface area (Å²) in [5.74, 6) is 1.97. The molecule has 2 N–H and O–H groups in total. The number of piperazine rings is 1. The maximum atomic E-state index is 13.4. The number of aromatic amines is 1. The summed E-state index contributed by atoms with van der Waals surface area (Å²) in [6.07, 6.45) is 9.77. The first-order valence-electron chi connectivity index (χ1n) is 11.8. The van der Waals surface area contributed by atoms with Crippen molar-refractivity contribution < 1.29 is 23.0 Å². The Balaban J connectivity index is 1.35. The van der Waals surface area contributed by atoms with Crippen LogP contribution in [0.1, 0.15) is 22.6 Å². The fraction of sp³-hybridized carbons (Fsp3) is 0.231. The van der Waals surface area contributed by atoms with Crippen molar-refractivity contribution in [1.29, 1.82) is 0 Å². The maximum Gasteiger partial charge on any atom is 0.291 e. The summed E-state index contributed by atoms with van der Waals surface area (Å²) in [6.45, 7) is -0.0907. The first-order chi connectivity index (χ1) is 18.3. The van der Waals surface area contributed by atoms with E-state index in [9.17, 15) is 23.5 Å².